The first-order chi connectivity index (χ1) is 7.19. The van der Waals surface area contributed by atoms with Crippen LogP contribution in [-0.4, -0.2) is 26.6 Å². The van der Waals surface area contributed by atoms with Gasteiger partial charge in [-0.15, -0.1) is 12.4 Å². The second kappa shape index (κ2) is 7.33. The molecule has 1 aromatic carbocycles. The fraction of sp³-hybridized carbons (Fsp3) is 0.300. The minimum Gasteiger partial charge on any atom is -0.493 e. The third-order valence-electron chi connectivity index (χ3n) is 1.78. The Balaban J connectivity index is 0.00000225. The third-order valence-corrected chi connectivity index (χ3v) is 2.08. The highest BCUT2D eigenvalue weighted by molar-refractivity contribution is 6.32. The van der Waals surface area contributed by atoms with Crippen molar-refractivity contribution in [1.29, 1.82) is 0 Å². The van der Waals surface area contributed by atoms with Crippen LogP contribution in [0, 0.1) is 0 Å². The molecular formula is C10H14Cl2N2O2. The molecule has 0 radical (unpaired) electrons. The average Bonchev–Trinajstić information content (AvgIpc) is 2.18. The highest BCUT2D eigenvalue weighted by Crippen LogP contribution is 2.32. The van der Waals surface area contributed by atoms with Crippen LogP contribution in [0.1, 0.15) is 0 Å². The highest BCUT2D eigenvalue weighted by atomic mass is 35.5. The number of hydrogen-bond acceptors (Lipinski definition) is 3. The zero-order valence-corrected chi connectivity index (χ0v) is 10.6. The molecule has 0 saturated heterocycles. The van der Waals surface area contributed by atoms with Gasteiger partial charge in [0, 0.05) is 0 Å². The molecular weight excluding hydrogens is 251 g/mol. The Morgan fingerprint density at radius 3 is 2.75 bits per heavy atom. The van der Waals surface area contributed by atoms with Crippen LogP contribution in [0.3, 0.4) is 0 Å². The van der Waals surface area contributed by atoms with Crippen molar-refractivity contribution in [3.63, 3.8) is 0 Å². The number of anilines is 1. The monoisotopic (exact) mass is 264 g/mol. The van der Waals surface area contributed by atoms with Crippen molar-refractivity contribution >= 4 is 35.6 Å². The number of methoxy groups -OCH3 is 1. The summed E-state index contributed by atoms with van der Waals surface area (Å²) in [4.78, 5) is 11.3. The highest BCUT2D eigenvalue weighted by Gasteiger charge is 2.09. The van der Waals surface area contributed by atoms with Crippen LogP contribution >= 0.6 is 24.0 Å². The summed E-state index contributed by atoms with van der Waals surface area (Å²) >= 11 is 5.90. The van der Waals surface area contributed by atoms with E-state index >= 15 is 0 Å². The summed E-state index contributed by atoms with van der Waals surface area (Å²) in [7, 11) is 3.21. The normalized spacial score (nSPS) is 9.19. The van der Waals surface area contributed by atoms with Crippen molar-refractivity contribution in [2.24, 2.45) is 0 Å². The summed E-state index contributed by atoms with van der Waals surface area (Å²) in [5.74, 6) is 0.335. The first-order valence-electron chi connectivity index (χ1n) is 4.46. The minimum atomic E-state index is -0.141. The second-order valence-corrected chi connectivity index (χ2v) is 3.31. The fourth-order valence-corrected chi connectivity index (χ4v) is 1.42. The molecule has 0 aliphatic heterocycles. The van der Waals surface area contributed by atoms with Gasteiger partial charge in [-0.3, -0.25) is 4.79 Å². The van der Waals surface area contributed by atoms with Crippen LogP contribution in [0.15, 0.2) is 18.2 Å². The van der Waals surface area contributed by atoms with E-state index in [1.165, 1.54) is 7.11 Å². The van der Waals surface area contributed by atoms with E-state index in [9.17, 15) is 4.79 Å². The number of carbonyl (C=O) groups is 1. The Morgan fingerprint density at radius 1 is 1.50 bits per heavy atom. The molecule has 0 aliphatic carbocycles. The van der Waals surface area contributed by atoms with Gasteiger partial charge in [0.2, 0.25) is 5.91 Å². The lowest BCUT2D eigenvalue weighted by Crippen LogP contribution is -2.25. The number of rotatable bonds is 4. The Labute approximate surface area is 106 Å². The van der Waals surface area contributed by atoms with Gasteiger partial charge in [-0.1, -0.05) is 17.7 Å². The minimum absolute atomic E-state index is 0. The van der Waals surface area contributed by atoms with Crippen molar-refractivity contribution in [1.82, 2.24) is 5.32 Å². The maximum absolute atomic E-state index is 11.3. The van der Waals surface area contributed by atoms with Crippen LogP contribution in [0.4, 0.5) is 5.69 Å². The molecule has 90 valence electrons. The number of carbonyl (C=O) groups excluding carboxylic acids is 1. The predicted molar refractivity (Wildman–Crippen MR) is 67.8 cm³/mol. The van der Waals surface area contributed by atoms with Crippen molar-refractivity contribution in [2.75, 3.05) is 26.0 Å². The van der Waals surface area contributed by atoms with Gasteiger partial charge < -0.3 is 15.4 Å². The van der Waals surface area contributed by atoms with Gasteiger partial charge in [-0.25, -0.2) is 0 Å². The van der Waals surface area contributed by atoms with Crippen LogP contribution in [0.2, 0.25) is 5.02 Å². The van der Waals surface area contributed by atoms with E-state index in [1.54, 1.807) is 25.2 Å². The van der Waals surface area contributed by atoms with Gasteiger partial charge >= 0.3 is 0 Å². The summed E-state index contributed by atoms with van der Waals surface area (Å²) in [6, 6.07) is 5.19. The van der Waals surface area contributed by atoms with Crippen LogP contribution in [0.25, 0.3) is 0 Å². The van der Waals surface area contributed by atoms with E-state index in [-0.39, 0.29) is 24.9 Å². The van der Waals surface area contributed by atoms with Crippen LogP contribution < -0.4 is 15.4 Å². The number of ether oxygens (including phenoxy) is 1. The van der Waals surface area contributed by atoms with Gasteiger partial charge in [0.1, 0.15) is 0 Å². The molecule has 1 aromatic rings. The van der Waals surface area contributed by atoms with Gasteiger partial charge in [0.05, 0.1) is 24.4 Å². The number of hydrogen-bond donors (Lipinski definition) is 2. The summed E-state index contributed by atoms with van der Waals surface area (Å²) < 4.78 is 5.09. The molecule has 1 amide bonds. The number of benzene rings is 1. The molecule has 0 fully saturated rings. The number of likely N-dealkylation sites (N-methyl/N-ethyl adjacent to an activating group) is 1. The molecule has 0 heterocycles. The molecule has 0 aliphatic rings. The molecule has 0 atom stereocenters. The molecule has 2 N–H and O–H groups in total. The lowest BCUT2D eigenvalue weighted by Gasteiger charge is -2.10. The van der Waals surface area contributed by atoms with E-state index in [2.05, 4.69) is 10.6 Å². The summed E-state index contributed by atoms with van der Waals surface area (Å²) in [5.41, 5.74) is 0.574. The lowest BCUT2D eigenvalue weighted by molar-refractivity contribution is -0.115. The summed E-state index contributed by atoms with van der Waals surface area (Å²) in [5, 5.41) is 5.92. The van der Waals surface area contributed by atoms with Gasteiger partial charge in [-0.05, 0) is 19.2 Å². The summed E-state index contributed by atoms with van der Waals surface area (Å²) in [6.07, 6.45) is 0. The van der Waals surface area contributed by atoms with Gasteiger partial charge in [-0.2, -0.15) is 0 Å². The predicted octanol–water partition coefficient (Wildman–Crippen LogP) is 1.93. The number of halogens is 2. The lowest BCUT2D eigenvalue weighted by atomic mass is 10.3. The molecule has 1 rings (SSSR count). The molecule has 0 saturated carbocycles. The Bertz CT molecular complexity index is 359. The zero-order chi connectivity index (χ0) is 11.3. The van der Waals surface area contributed by atoms with Crippen molar-refractivity contribution in [2.45, 2.75) is 0 Å². The Kier molecular flexibility index (Phi) is 6.88. The smallest absolute Gasteiger partial charge is 0.238 e. The van der Waals surface area contributed by atoms with Crippen molar-refractivity contribution < 1.29 is 9.53 Å². The first-order valence-corrected chi connectivity index (χ1v) is 4.83. The maximum Gasteiger partial charge on any atom is 0.238 e. The largest absolute Gasteiger partial charge is 0.493 e. The fourth-order valence-electron chi connectivity index (χ4n) is 1.17. The van der Waals surface area contributed by atoms with E-state index in [4.69, 9.17) is 16.3 Å². The first kappa shape index (κ1) is 15.0. The SMILES string of the molecule is CNCC(=O)Nc1cccc(Cl)c1OC.Cl. The molecule has 16 heavy (non-hydrogen) atoms. The Morgan fingerprint density at radius 2 is 2.19 bits per heavy atom. The molecule has 0 unspecified atom stereocenters. The molecule has 0 spiro atoms. The maximum atomic E-state index is 11.3. The second-order valence-electron chi connectivity index (χ2n) is 2.90. The van der Waals surface area contributed by atoms with E-state index in [0.29, 0.717) is 16.5 Å². The van der Waals surface area contributed by atoms with Crippen LogP contribution in [-0.2, 0) is 4.79 Å². The van der Waals surface area contributed by atoms with E-state index < -0.39 is 0 Å². The summed E-state index contributed by atoms with van der Waals surface area (Å²) in [6.45, 7) is 0.246. The number of para-hydroxylation sites is 1. The van der Waals surface area contributed by atoms with Crippen LogP contribution in [0.5, 0.6) is 5.75 Å². The van der Waals surface area contributed by atoms with Crippen molar-refractivity contribution in [3.05, 3.63) is 23.2 Å². The number of amides is 1. The topological polar surface area (TPSA) is 50.4 Å². The molecule has 6 heteroatoms. The van der Waals surface area contributed by atoms with E-state index in [1.807, 2.05) is 0 Å². The van der Waals surface area contributed by atoms with Gasteiger partial charge in [0.25, 0.3) is 0 Å². The quantitative estimate of drug-likeness (QED) is 0.874. The zero-order valence-electron chi connectivity index (χ0n) is 9.04. The van der Waals surface area contributed by atoms with Crippen molar-refractivity contribution in [3.8, 4) is 5.75 Å². The van der Waals surface area contributed by atoms with E-state index in [0.717, 1.165) is 0 Å². The molecule has 0 bridgehead atoms. The van der Waals surface area contributed by atoms with Gasteiger partial charge in [0.15, 0.2) is 5.75 Å². The Hall–Kier alpha value is -0.970. The third kappa shape index (κ3) is 3.89. The standard InChI is InChI=1S/C10H13ClN2O2.ClH/c1-12-6-9(14)13-8-5-3-4-7(11)10(8)15-2;/h3-5,12H,6H2,1-2H3,(H,13,14);1H. The molecule has 4 nitrogen and oxygen atoms in total. The molecule has 0 aromatic heterocycles. The number of nitrogens with one attached hydrogen (secondary N) is 2. The average molecular weight is 265 g/mol.